The van der Waals surface area contributed by atoms with Crippen LogP contribution in [-0.2, 0) is 27.2 Å². The second-order valence-corrected chi connectivity index (χ2v) is 11.3. The Morgan fingerprint density at radius 2 is 1.41 bits per heavy atom. The minimum atomic E-state index is -1.58. The standard InChI is InChI=1S/C30H39Cl2NO10.ClH/c1-33(10-8-12-43-30(36)25(32)24(31)29(34)35)11-9-18-16-22(39-4)27(41-6)28(42-7)23(18)19(33)13-17-14-20(37-2)26(40-5)21(15-17)38-3;/h14-16,19,24-25H,8-13H2,1-7H3;1H/t19-,24?,25?,33-;/m1./s1. The van der Waals surface area contributed by atoms with Crippen LogP contribution in [0.3, 0.4) is 0 Å². The summed E-state index contributed by atoms with van der Waals surface area (Å²) in [6.45, 7) is 1.44. The van der Waals surface area contributed by atoms with E-state index in [-0.39, 0.29) is 25.1 Å². The summed E-state index contributed by atoms with van der Waals surface area (Å²) in [6, 6.07) is 5.73. The number of ether oxygens (including phenoxy) is 7. The van der Waals surface area contributed by atoms with Crippen molar-refractivity contribution in [2.45, 2.75) is 36.1 Å². The Balaban J connectivity index is 0.00000675. The Labute approximate surface area is 274 Å². The number of esters is 1. The van der Waals surface area contributed by atoms with Crippen LogP contribution in [0, 0.1) is 0 Å². The number of benzene rings is 2. The Morgan fingerprint density at radius 3 is 1.91 bits per heavy atom. The Hall–Kier alpha value is -2.99. The lowest BCUT2D eigenvalue weighted by molar-refractivity contribution is -0.941. The molecule has 0 radical (unpaired) electrons. The third-order valence-corrected chi connectivity index (χ3v) is 8.86. The molecule has 0 fully saturated rings. The zero-order chi connectivity index (χ0) is 31.9. The van der Waals surface area contributed by atoms with Gasteiger partial charge in [-0.1, -0.05) is 0 Å². The SMILES string of the molecule is COc1cc(C[C@@H]2c3c(cc(OC)c(OC)c3OC)CC[N@@+]2(C)CCCOC(=O)C(Cl)C(Cl)C(=O)O)cc(OC)c1OC.[Cl-]. The first kappa shape index (κ1) is 37.2. The molecule has 0 aromatic heterocycles. The predicted octanol–water partition coefficient (Wildman–Crippen LogP) is 1.26. The van der Waals surface area contributed by atoms with Crippen LogP contribution in [0.4, 0.5) is 0 Å². The third-order valence-electron chi connectivity index (χ3n) is 7.86. The highest BCUT2D eigenvalue weighted by atomic mass is 35.5. The number of aliphatic carboxylic acids is 1. The van der Waals surface area contributed by atoms with Crippen molar-refractivity contribution in [1.82, 2.24) is 0 Å². The molecule has 0 saturated carbocycles. The van der Waals surface area contributed by atoms with Gasteiger partial charge < -0.3 is 55.2 Å². The lowest BCUT2D eigenvalue weighted by atomic mass is 9.85. The fourth-order valence-electron chi connectivity index (χ4n) is 5.63. The molecule has 0 saturated heterocycles. The van der Waals surface area contributed by atoms with Gasteiger partial charge in [0.05, 0.1) is 75.0 Å². The molecule has 1 aliphatic rings. The second kappa shape index (κ2) is 16.4. The summed E-state index contributed by atoms with van der Waals surface area (Å²) in [5, 5.41) is 5.96. The molecule has 11 nitrogen and oxygen atoms in total. The monoisotopic (exact) mass is 679 g/mol. The average molecular weight is 681 g/mol. The van der Waals surface area contributed by atoms with E-state index in [1.165, 1.54) is 0 Å². The zero-order valence-electron chi connectivity index (χ0n) is 25.9. The fourth-order valence-corrected chi connectivity index (χ4v) is 5.91. The van der Waals surface area contributed by atoms with Crippen molar-refractivity contribution in [3.63, 3.8) is 0 Å². The molecule has 2 aromatic rings. The van der Waals surface area contributed by atoms with Crippen molar-refractivity contribution in [3.05, 3.63) is 34.9 Å². The van der Waals surface area contributed by atoms with Crippen molar-refractivity contribution in [3.8, 4) is 34.5 Å². The summed E-state index contributed by atoms with van der Waals surface area (Å²) in [5.41, 5.74) is 3.03. The highest BCUT2D eigenvalue weighted by Crippen LogP contribution is 2.51. The molecular formula is C30H40Cl3NO10. The smallest absolute Gasteiger partial charge is 0.326 e. The average Bonchev–Trinajstić information content (AvgIpc) is 3.01. The first-order chi connectivity index (χ1) is 20.5. The van der Waals surface area contributed by atoms with Gasteiger partial charge in [0.2, 0.25) is 11.5 Å². The van der Waals surface area contributed by atoms with E-state index in [4.69, 9.17) is 61.5 Å². The van der Waals surface area contributed by atoms with Gasteiger partial charge in [-0.2, -0.15) is 0 Å². The summed E-state index contributed by atoms with van der Waals surface area (Å²) >= 11 is 11.6. The number of likely N-dealkylation sites (N-methyl/N-ethyl adjacent to an activating group) is 1. The van der Waals surface area contributed by atoms with Gasteiger partial charge >= 0.3 is 11.9 Å². The Morgan fingerprint density at radius 1 is 0.864 bits per heavy atom. The lowest BCUT2D eigenvalue weighted by Gasteiger charge is -2.46. The fraction of sp³-hybridized carbons (Fsp3) is 0.533. The van der Waals surface area contributed by atoms with E-state index in [2.05, 4.69) is 7.05 Å². The molecule has 2 unspecified atom stereocenters. The number of hydrogen-bond acceptors (Lipinski definition) is 9. The number of carboxylic acid groups (broad SMARTS) is 1. The van der Waals surface area contributed by atoms with E-state index in [9.17, 15) is 9.59 Å². The minimum Gasteiger partial charge on any atom is -1.00 e. The van der Waals surface area contributed by atoms with Crippen LogP contribution >= 0.6 is 23.2 Å². The molecule has 44 heavy (non-hydrogen) atoms. The lowest BCUT2D eigenvalue weighted by Crippen LogP contribution is -3.00. The van der Waals surface area contributed by atoms with Crippen molar-refractivity contribution in [2.24, 2.45) is 0 Å². The molecule has 0 amide bonds. The van der Waals surface area contributed by atoms with Gasteiger partial charge in [0.25, 0.3) is 0 Å². The summed E-state index contributed by atoms with van der Waals surface area (Å²) in [5.74, 6) is 1.01. The van der Waals surface area contributed by atoms with Gasteiger partial charge in [-0.15, -0.1) is 23.2 Å². The first-order valence-electron chi connectivity index (χ1n) is 13.6. The van der Waals surface area contributed by atoms with Crippen LogP contribution in [0.15, 0.2) is 18.2 Å². The molecule has 246 valence electrons. The molecule has 3 rings (SSSR count). The van der Waals surface area contributed by atoms with E-state index >= 15 is 0 Å². The molecule has 0 bridgehead atoms. The number of quaternary nitrogens is 1. The normalized spacial score (nSPS) is 18.5. The maximum Gasteiger partial charge on any atom is 0.326 e. The number of carbonyl (C=O) groups is 2. The summed E-state index contributed by atoms with van der Waals surface area (Å²) in [7, 11) is 11.6. The molecule has 4 atom stereocenters. The molecule has 2 aromatic carbocycles. The summed E-state index contributed by atoms with van der Waals surface area (Å²) in [4.78, 5) is 23.4. The van der Waals surface area contributed by atoms with E-state index in [1.807, 2.05) is 18.2 Å². The van der Waals surface area contributed by atoms with Gasteiger partial charge in [0.15, 0.2) is 33.8 Å². The number of methoxy groups -OCH3 is 6. The molecule has 1 N–H and O–H groups in total. The Kier molecular flexibility index (Phi) is 13.8. The van der Waals surface area contributed by atoms with Gasteiger partial charge in [-0.3, -0.25) is 9.59 Å². The zero-order valence-corrected chi connectivity index (χ0v) is 28.2. The largest absolute Gasteiger partial charge is 1.00 e. The molecule has 0 spiro atoms. The quantitative estimate of drug-likeness (QED) is 0.128. The number of alkyl halides is 2. The number of rotatable bonds is 15. The third kappa shape index (κ3) is 7.80. The van der Waals surface area contributed by atoms with Crippen molar-refractivity contribution in [2.75, 3.05) is 69.4 Å². The maximum absolute atomic E-state index is 12.3. The van der Waals surface area contributed by atoms with E-state index in [1.54, 1.807) is 42.7 Å². The minimum absolute atomic E-state index is 0. The molecule has 0 aliphatic carbocycles. The summed E-state index contributed by atoms with van der Waals surface area (Å²) < 4.78 is 40.0. The number of fused-ring (bicyclic) bond motifs is 1. The van der Waals surface area contributed by atoms with Gasteiger partial charge in [-0.05, 0) is 29.3 Å². The number of hydrogen-bond donors (Lipinski definition) is 1. The van der Waals surface area contributed by atoms with E-state index in [0.717, 1.165) is 29.7 Å². The number of nitrogens with zero attached hydrogens (tertiary/aromatic N) is 1. The molecule has 14 heteroatoms. The second-order valence-electron chi connectivity index (χ2n) is 10.3. The van der Waals surface area contributed by atoms with Gasteiger partial charge in [-0.25, -0.2) is 0 Å². The van der Waals surface area contributed by atoms with Crippen LogP contribution in [0.2, 0.25) is 0 Å². The number of carbonyl (C=O) groups excluding carboxylic acids is 1. The molecule has 1 heterocycles. The highest BCUT2D eigenvalue weighted by Gasteiger charge is 2.43. The predicted molar refractivity (Wildman–Crippen MR) is 161 cm³/mol. The first-order valence-corrected chi connectivity index (χ1v) is 14.5. The van der Waals surface area contributed by atoms with E-state index < -0.39 is 22.7 Å². The van der Waals surface area contributed by atoms with E-state index in [0.29, 0.717) is 58.4 Å². The maximum atomic E-state index is 12.3. The van der Waals surface area contributed by atoms with Crippen LogP contribution in [-0.4, -0.2) is 102 Å². The van der Waals surface area contributed by atoms with Crippen LogP contribution < -0.4 is 40.8 Å². The van der Waals surface area contributed by atoms with Gasteiger partial charge in [0.1, 0.15) is 6.04 Å². The van der Waals surface area contributed by atoms with Crippen molar-refractivity contribution >= 4 is 35.1 Å². The number of halogens is 3. The van der Waals surface area contributed by atoms with Gasteiger partial charge in [0, 0.05) is 19.3 Å². The van der Waals surface area contributed by atoms with Crippen LogP contribution in [0.1, 0.15) is 29.2 Å². The van der Waals surface area contributed by atoms with Crippen LogP contribution in [0.5, 0.6) is 34.5 Å². The molecule has 1 aliphatic heterocycles. The Bertz CT molecular complexity index is 1290. The highest BCUT2D eigenvalue weighted by molar-refractivity contribution is 6.41. The molecular weight excluding hydrogens is 641 g/mol. The topological polar surface area (TPSA) is 119 Å². The summed E-state index contributed by atoms with van der Waals surface area (Å²) in [6.07, 6.45) is 1.80. The van der Waals surface area contributed by atoms with Crippen molar-refractivity contribution in [1.29, 1.82) is 0 Å². The number of carboxylic acids is 1. The van der Waals surface area contributed by atoms with Crippen LogP contribution in [0.25, 0.3) is 0 Å². The van der Waals surface area contributed by atoms with Crippen molar-refractivity contribution < 1.29 is 64.7 Å².